The summed E-state index contributed by atoms with van der Waals surface area (Å²) in [5.74, 6) is -5.12. The van der Waals surface area contributed by atoms with Crippen LogP contribution < -0.4 is 38.9 Å². The van der Waals surface area contributed by atoms with Crippen LogP contribution in [0.25, 0.3) is 0 Å². The van der Waals surface area contributed by atoms with Crippen LogP contribution in [0.15, 0.2) is 4.99 Å². The van der Waals surface area contributed by atoms with Crippen molar-refractivity contribution in [2.45, 2.75) is 37.4 Å². The third-order valence-electron chi connectivity index (χ3n) is 3.57. The maximum absolute atomic E-state index is 12.4. The fourth-order valence-electron chi connectivity index (χ4n) is 2.09. The van der Waals surface area contributed by atoms with E-state index in [1.54, 1.807) is 0 Å². The van der Waals surface area contributed by atoms with Crippen LogP contribution in [0.3, 0.4) is 0 Å². The minimum absolute atomic E-state index is 0.114. The fourth-order valence-corrected chi connectivity index (χ4v) is 2.09. The molecule has 3 atom stereocenters. The Hall–Kier alpha value is -3.46. The summed E-state index contributed by atoms with van der Waals surface area (Å²) in [6.45, 7) is -1.36. The predicted molar refractivity (Wildman–Crippen MR) is 103 cm³/mol. The van der Waals surface area contributed by atoms with E-state index in [9.17, 15) is 29.1 Å². The highest BCUT2D eigenvalue weighted by atomic mass is 16.4. The van der Waals surface area contributed by atoms with Crippen LogP contribution in [0.4, 0.5) is 0 Å². The van der Waals surface area contributed by atoms with Crippen molar-refractivity contribution >= 4 is 35.6 Å². The number of nitrogens with one attached hydrogen (secondary N) is 3. The van der Waals surface area contributed by atoms with Crippen LogP contribution in [0, 0.1) is 0 Å². The third kappa shape index (κ3) is 11.4. The summed E-state index contributed by atoms with van der Waals surface area (Å²) < 4.78 is 0. The molecule has 0 aromatic heterocycles. The molecule has 0 radical (unpaired) electrons. The molecule has 0 heterocycles. The number of amides is 4. The molecule has 13 N–H and O–H groups in total. The van der Waals surface area contributed by atoms with E-state index in [2.05, 4.69) is 15.6 Å². The Morgan fingerprint density at radius 2 is 1.53 bits per heavy atom. The number of aliphatic carboxylic acids is 1. The summed E-state index contributed by atoms with van der Waals surface area (Å²) in [4.78, 5) is 61.8. The number of aliphatic hydroxyl groups excluding tert-OH is 1. The Bertz CT molecular complexity index is 665. The van der Waals surface area contributed by atoms with E-state index >= 15 is 0 Å². The molecule has 0 rings (SSSR count). The van der Waals surface area contributed by atoms with E-state index < -0.39 is 67.3 Å². The quantitative estimate of drug-likeness (QED) is 0.0712. The van der Waals surface area contributed by atoms with Gasteiger partial charge in [0, 0.05) is 6.54 Å². The molecule has 0 saturated heterocycles. The van der Waals surface area contributed by atoms with E-state index in [-0.39, 0.29) is 18.9 Å². The summed E-state index contributed by atoms with van der Waals surface area (Å²) >= 11 is 0. The second-order valence-corrected chi connectivity index (χ2v) is 6.14. The van der Waals surface area contributed by atoms with E-state index in [0.717, 1.165) is 0 Å². The van der Waals surface area contributed by atoms with Gasteiger partial charge in [0.05, 0.1) is 19.1 Å². The lowest BCUT2D eigenvalue weighted by Crippen LogP contribution is -2.57. The Kier molecular flexibility index (Phi) is 12.1. The molecule has 0 aromatic carbocycles. The topological polar surface area (TPSA) is 278 Å². The number of carbonyl (C=O) groups is 5. The van der Waals surface area contributed by atoms with Gasteiger partial charge in [0.1, 0.15) is 18.6 Å². The van der Waals surface area contributed by atoms with Crippen LogP contribution in [-0.2, 0) is 24.0 Å². The molecule has 0 bridgehead atoms. The first-order chi connectivity index (χ1) is 14.0. The van der Waals surface area contributed by atoms with Gasteiger partial charge in [0.25, 0.3) is 0 Å². The molecule has 0 spiro atoms. The zero-order valence-corrected chi connectivity index (χ0v) is 16.2. The molecular weight excluding hydrogens is 404 g/mol. The first kappa shape index (κ1) is 26.5. The molecule has 0 aromatic rings. The van der Waals surface area contributed by atoms with Crippen molar-refractivity contribution in [2.75, 3.05) is 19.7 Å². The van der Waals surface area contributed by atoms with Gasteiger partial charge in [-0.3, -0.25) is 29.0 Å². The second-order valence-electron chi connectivity index (χ2n) is 6.14. The number of hydrogen-bond acceptors (Lipinski definition) is 8. The first-order valence-corrected chi connectivity index (χ1v) is 8.78. The van der Waals surface area contributed by atoms with Gasteiger partial charge in [-0.2, -0.15) is 0 Å². The molecule has 0 aliphatic carbocycles. The van der Waals surface area contributed by atoms with Crippen LogP contribution in [0.1, 0.15) is 19.3 Å². The number of nitrogens with two attached hydrogens (primary N) is 4. The molecule has 4 amide bonds. The lowest BCUT2D eigenvalue weighted by Gasteiger charge is -2.22. The summed E-state index contributed by atoms with van der Waals surface area (Å²) in [6, 6.07) is -4.03. The van der Waals surface area contributed by atoms with Crippen molar-refractivity contribution in [3.63, 3.8) is 0 Å². The molecule has 3 unspecified atom stereocenters. The van der Waals surface area contributed by atoms with Crippen LogP contribution in [0.5, 0.6) is 0 Å². The SMILES string of the molecule is NC(=O)CC(NC(=O)C(N)CCCN=C(N)N)C(=O)NC(CO)C(=O)NCC(=O)O. The highest BCUT2D eigenvalue weighted by Crippen LogP contribution is 2.00. The van der Waals surface area contributed by atoms with Crippen molar-refractivity contribution in [3.8, 4) is 0 Å². The Morgan fingerprint density at radius 1 is 0.933 bits per heavy atom. The average Bonchev–Trinajstić information content (AvgIpc) is 2.65. The number of carbonyl (C=O) groups excluding carboxylic acids is 4. The third-order valence-corrected chi connectivity index (χ3v) is 3.57. The van der Waals surface area contributed by atoms with Crippen molar-refractivity contribution < 1.29 is 34.2 Å². The van der Waals surface area contributed by atoms with Gasteiger partial charge >= 0.3 is 5.97 Å². The number of carboxylic acids is 1. The number of aliphatic hydroxyl groups is 1. The van der Waals surface area contributed by atoms with Crippen molar-refractivity contribution in [1.29, 1.82) is 0 Å². The number of hydrogen-bond donors (Lipinski definition) is 9. The van der Waals surface area contributed by atoms with Gasteiger partial charge in [-0.1, -0.05) is 0 Å². The molecular formula is C15H28N8O7. The number of aliphatic imine (C=N–C) groups is 1. The van der Waals surface area contributed by atoms with E-state index in [4.69, 9.17) is 28.0 Å². The highest BCUT2D eigenvalue weighted by molar-refractivity contribution is 5.95. The maximum Gasteiger partial charge on any atom is 0.322 e. The lowest BCUT2D eigenvalue weighted by molar-refractivity contribution is -0.139. The molecule has 15 heteroatoms. The standard InChI is InChI=1S/C15H28N8O7/c16-7(2-1-3-20-15(18)19)12(28)22-8(4-10(17)25)14(30)23-9(6-24)13(29)21-5-11(26)27/h7-9,24H,1-6,16H2,(H2,17,25)(H,21,29)(H,22,28)(H,23,30)(H,26,27)(H4,18,19,20). The summed E-state index contributed by atoms with van der Waals surface area (Å²) in [5.41, 5.74) is 21.2. The molecule has 0 aliphatic heterocycles. The smallest absolute Gasteiger partial charge is 0.322 e. The van der Waals surface area contributed by atoms with Crippen molar-refractivity contribution in [3.05, 3.63) is 0 Å². The number of primary amides is 1. The molecule has 0 saturated carbocycles. The molecule has 15 nitrogen and oxygen atoms in total. The summed E-state index contributed by atoms with van der Waals surface area (Å²) in [6.07, 6.45) is -0.0624. The Labute approximate surface area is 171 Å². The van der Waals surface area contributed by atoms with Crippen LogP contribution in [0.2, 0.25) is 0 Å². The van der Waals surface area contributed by atoms with Gasteiger partial charge in [-0.25, -0.2) is 0 Å². The van der Waals surface area contributed by atoms with E-state index in [1.165, 1.54) is 0 Å². The monoisotopic (exact) mass is 432 g/mol. The van der Waals surface area contributed by atoms with Crippen molar-refractivity contribution in [2.24, 2.45) is 27.9 Å². The van der Waals surface area contributed by atoms with E-state index in [1.807, 2.05) is 5.32 Å². The zero-order chi connectivity index (χ0) is 23.3. The molecule has 0 aliphatic rings. The number of rotatable bonds is 14. The highest BCUT2D eigenvalue weighted by Gasteiger charge is 2.29. The van der Waals surface area contributed by atoms with E-state index in [0.29, 0.717) is 6.42 Å². The number of nitrogens with zero attached hydrogens (tertiary/aromatic N) is 1. The van der Waals surface area contributed by atoms with Gasteiger partial charge in [-0.05, 0) is 12.8 Å². The minimum Gasteiger partial charge on any atom is -0.480 e. The maximum atomic E-state index is 12.4. The van der Waals surface area contributed by atoms with Crippen LogP contribution in [-0.4, -0.2) is 83.6 Å². The summed E-state index contributed by atoms with van der Waals surface area (Å²) in [7, 11) is 0. The number of carboxylic acid groups (broad SMARTS) is 1. The average molecular weight is 432 g/mol. The van der Waals surface area contributed by atoms with Crippen molar-refractivity contribution in [1.82, 2.24) is 16.0 Å². The Balaban J connectivity index is 4.94. The van der Waals surface area contributed by atoms with Gasteiger partial charge in [0.2, 0.25) is 23.6 Å². The lowest BCUT2D eigenvalue weighted by atomic mass is 10.1. The molecule has 0 fully saturated rings. The fraction of sp³-hybridized carbons (Fsp3) is 0.600. The predicted octanol–water partition coefficient (Wildman–Crippen LogP) is -5.59. The largest absolute Gasteiger partial charge is 0.480 e. The molecule has 30 heavy (non-hydrogen) atoms. The first-order valence-electron chi connectivity index (χ1n) is 8.78. The van der Waals surface area contributed by atoms with Crippen LogP contribution >= 0.6 is 0 Å². The molecule has 170 valence electrons. The second kappa shape index (κ2) is 13.7. The minimum atomic E-state index is -1.52. The van der Waals surface area contributed by atoms with Gasteiger partial charge in [-0.15, -0.1) is 0 Å². The summed E-state index contributed by atoms with van der Waals surface area (Å²) in [5, 5.41) is 24.1. The van der Waals surface area contributed by atoms with Gasteiger partial charge in [0.15, 0.2) is 5.96 Å². The normalized spacial score (nSPS) is 13.3. The zero-order valence-electron chi connectivity index (χ0n) is 16.2. The number of guanidine groups is 1. The Morgan fingerprint density at radius 3 is 2.03 bits per heavy atom. The van der Waals surface area contributed by atoms with Gasteiger partial charge < -0.3 is 49.1 Å².